The van der Waals surface area contributed by atoms with Crippen molar-refractivity contribution in [1.82, 2.24) is 20.5 Å². The maximum absolute atomic E-state index is 14.2. The molecule has 0 saturated carbocycles. The molecule has 0 aliphatic heterocycles. The lowest BCUT2D eigenvalue weighted by Crippen LogP contribution is -2.30. The number of aromatic nitrogens is 3. The van der Waals surface area contributed by atoms with Crippen LogP contribution >= 0.6 is 0 Å². The summed E-state index contributed by atoms with van der Waals surface area (Å²) in [5.41, 5.74) is 1.55. The number of halogens is 2. The van der Waals surface area contributed by atoms with Crippen molar-refractivity contribution in [2.24, 2.45) is 0 Å². The van der Waals surface area contributed by atoms with Crippen LogP contribution in [0, 0.1) is 18.6 Å². The second kappa shape index (κ2) is 6.57. The number of nitrogens with one attached hydrogen (secondary N) is 2. The zero-order valence-corrected chi connectivity index (χ0v) is 12.8. The molecule has 0 fully saturated rings. The van der Waals surface area contributed by atoms with E-state index in [2.05, 4.69) is 20.5 Å². The lowest BCUT2D eigenvalue weighted by molar-refractivity contribution is 0.0942. The van der Waals surface area contributed by atoms with E-state index in [0.29, 0.717) is 16.8 Å². The molecule has 2 aromatic heterocycles. The molecule has 24 heavy (non-hydrogen) atoms. The summed E-state index contributed by atoms with van der Waals surface area (Å²) in [4.78, 5) is 16.4. The minimum atomic E-state index is -0.856. The van der Waals surface area contributed by atoms with Crippen molar-refractivity contribution < 1.29 is 13.6 Å². The van der Waals surface area contributed by atoms with Crippen LogP contribution in [-0.2, 0) is 0 Å². The Labute approximate surface area is 136 Å². The van der Waals surface area contributed by atoms with Gasteiger partial charge in [0.2, 0.25) is 0 Å². The normalized spacial score (nSPS) is 12.0. The van der Waals surface area contributed by atoms with E-state index in [-0.39, 0.29) is 5.56 Å². The van der Waals surface area contributed by atoms with E-state index in [0.717, 1.165) is 18.2 Å². The summed E-state index contributed by atoms with van der Waals surface area (Å²) in [6, 6.07) is 5.56. The summed E-state index contributed by atoms with van der Waals surface area (Å²) < 4.78 is 27.8. The maximum atomic E-state index is 14.2. The van der Waals surface area contributed by atoms with Gasteiger partial charge >= 0.3 is 0 Å². The molecule has 1 amide bonds. The van der Waals surface area contributed by atoms with Gasteiger partial charge in [0.15, 0.2) is 0 Å². The topological polar surface area (TPSA) is 70.7 Å². The Bertz CT molecular complexity index is 864. The van der Waals surface area contributed by atoms with Gasteiger partial charge in [0, 0.05) is 23.7 Å². The number of carbonyl (C=O) groups is 1. The summed E-state index contributed by atoms with van der Waals surface area (Å²) in [5, 5.41) is 9.19. The minimum Gasteiger partial charge on any atom is -0.341 e. The molecule has 0 saturated heterocycles. The van der Waals surface area contributed by atoms with Crippen LogP contribution in [-0.4, -0.2) is 21.1 Å². The van der Waals surface area contributed by atoms with E-state index in [1.165, 1.54) is 18.6 Å². The van der Waals surface area contributed by atoms with Crippen molar-refractivity contribution in [2.75, 3.05) is 0 Å². The number of aromatic amines is 1. The van der Waals surface area contributed by atoms with Gasteiger partial charge < -0.3 is 5.32 Å². The Morgan fingerprint density at radius 1 is 1.21 bits per heavy atom. The van der Waals surface area contributed by atoms with E-state index in [1.807, 2.05) is 0 Å². The van der Waals surface area contributed by atoms with Crippen molar-refractivity contribution in [1.29, 1.82) is 0 Å². The molecule has 0 spiro atoms. The molecule has 2 N–H and O–H groups in total. The number of hydrogen-bond donors (Lipinski definition) is 2. The summed E-state index contributed by atoms with van der Waals surface area (Å²) in [6.07, 6.45) is 4.43. The third-order valence-electron chi connectivity index (χ3n) is 3.66. The number of pyridine rings is 1. The van der Waals surface area contributed by atoms with Gasteiger partial charge in [0.1, 0.15) is 11.6 Å². The van der Waals surface area contributed by atoms with Gasteiger partial charge in [-0.05, 0) is 42.8 Å². The Hall–Kier alpha value is -3.09. The molecule has 5 nitrogen and oxygen atoms in total. The van der Waals surface area contributed by atoms with Gasteiger partial charge in [-0.1, -0.05) is 0 Å². The Morgan fingerprint density at radius 3 is 2.62 bits per heavy atom. The maximum Gasteiger partial charge on any atom is 0.255 e. The molecular weight excluding hydrogens is 314 g/mol. The quantitative estimate of drug-likeness (QED) is 0.773. The third kappa shape index (κ3) is 3.15. The van der Waals surface area contributed by atoms with Gasteiger partial charge in [0.25, 0.3) is 5.91 Å². The Balaban J connectivity index is 2.01. The van der Waals surface area contributed by atoms with E-state index < -0.39 is 23.6 Å². The van der Waals surface area contributed by atoms with E-state index in [1.54, 1.807) is 19.1 Å². The molecule has 3 rings (SSSR count). The van der Waals surface area contributed by atoms with Gasteiger partial charge in [-0.2, -0.15) is 5.10 Å². The number of nitrogens with zero attached hydrogens (tertiary/aromatic N) is 2. The van der Waals surface area contributed by atoms with E-state index in [4.69, 9.17) is 0 Å². The van der Waals surface area contributed by atoms with Crippen molar-refractivity contribution in [3.63, 3.8) is 0 Å². The average Bonchev–Trinajstić information content (AvgIpc) is 3.02. The third-order valence-corrected chi connectivity index (χ3v) is 3.66. The van der Waals surface area contributed by atoms with Crippen LogP contribution in [0.1, 0.15) is 33.2 Å². The van der Waals surface area contributed by atoms with E-state index in [9.17, 15) is 13.6 Å². The van der Waals surface area contributed by atoms with Crippen molar-refractivity contribution in [2.45, 2.75) is 13.0 Å². The number of H-pyrrole nitrogens is 1. The fourth-order valence-electron chi connectivity index (χ4n) is 2.42. The monoisotopic (exact) mass is 328 g/mol. The smallest absolute Gasteiger partial charge is 0.255 e. The fraction of sp³-hybridized carbons (Fsp3) is 0.118. The van der Waals surface area contributed by atoms with Crippen LogP contribution in [0.3, 0.4) is 0 Å². The number of amides is 1. The first-order valence-corrected chi connectivity index (χ1v) is 7.22. The zero-order chi connectivity index (χ0) is 17.1. The van der Waals surface area contributed by atoms with Crippen LogP contribution in [0.5, 0.6) is 0 Å². The van der Waals surface area contributed by atoms with Crippen molar-refractivity contribution in [3.8, 4) is 0 Å². The van der Waals surface area contributed by atoms with Crippen LogP contribution < -0.4 is 5.32 Å². The van der Waals surface area contributed by atoms with Crippen LogP contribution in [0.25, 0.3) is 0 Å². The van der Waals surface area contributed by atoms with Crippen molar-refractivity contribution in [3.05, 3.63) is 82.9 Å². The number of benzene rings is 1. The molecule has 1 atom stereocenters. The van der Waals surface area contributed by atoms with Gasteiger partial charge in [-0.3, -0.25) is 14.9 Å². The Morgan fingerprint density at radius 2 is 1.96 bits per heavy atom. The molecule has 0 aliphatic rings. The number of carbonyl (C=O) groups excluding carboxylic acids is 1. The highest BCUT2D eigenvalue weighted by Crippen LogP contribution is 2.25. The van der Waals surface area contributed by atoms with E-state index >= 15 is 0 Å². The molecule has 1 aromatic carbocycles. The molecule has 0 aliphatic carbocycles. The highest BCUT2D eigenvalue weighted by atomic mass is 19.1. The molecule has 0 bridgehead atoms. The predicted octanol–water partition coefficient (Wildman–Crippen LogP) is 2.91. The highest BCUT2D eigenvalue weighted by molar-refractivity contribution is 5.95. The highest BCUT2D eigenvalue weighted by Gasteiger charge is 2.22. The minimum absolute atomic E-state index is 0.0377. The molecule has 122 valence electrons. The lowest BCUT2D eigenvalue weighted by atomic mass is 9.98. The predicted molar refractivity (Wildman–Crippen MR) is 83.2 cm³/mol. The average molecular weight is 328 g/mol. The number of aryl methyl sites for hydroxylation is 1. The zero-order valence-electron chi connectivity index (χ0n) is 12.8. The fourth-order valence-corrected chi connectivity index (χ4v) is 2.42. The second-order valence-electron chi connectivity index (χ2n) is 5.26. The number of hydrogen-bond acceptors (Lipinski definition) is 3. The first kappa shape index (κ1) is 15.8. The SMILES string of the molecule is Cc1[nH]ncc1C(=O)N[C@H](c1ccncc1)c1cc(F)ccc1F. The van der Waals surface area contributed by atoms with Gasteiger partial charge in [0.05, 0.1) is 17.8 Å². The summed E-state index contributed by atoms with van der Waals surface area (Å²) in [6.45, 7) is 1.70. The number of rotatable bonds is 4. The largest absolute Gasteiger partial charge is 0.341 e. The van der Waals surface area contributed by atoms with Gasteiger partial charge in [-0.15, -0.1) is 0 Å². The van der Waals surface area contributed by atoms with Crippen LogP contribution in [0.15, 0.2) is 48.9 Å². The lowest BCUT2D eigenvalue weighted by Gasteiger charge is -2.20. The Kier molecular flexibility index (Phi) is 4.33. The summed E-state index contributed by atoms with van der Waals surface area (Å²) >= 11 is 0. The first-order chi connectivity index (χ1) is 11.6. The van der Waals surface area contributed by atoms with Crippen molar-refractivity contribution >= 4 is 5.91 Å². The molecule has 3 aromatic rings. The molecule has 0 unspecified atom stereocenters. The molecule has 0 radical (unpaired) electrons. The summed E-state index contributed by atoms with van der Waals surface area (Å²) in [7, 11) is 0. The van der Waals surface area contributed by atoms with Crippen LogP contribution in [0.4, 0.5) is 8.78 Å². The molecule has 7 heteroatoms. The second-order valence-corrected chi connectivity index (χ2v) is 5.26. The summed E-state index contributed by atoms with van der Waals surface area (Å²) in [5.74, 6) is -1.63. The first-order valence-electron chi connectivity index (χ1n) is 7.22. The van der Waals surface area contributed by atoms with Crippen LogP contribution in [0.2, 0.25) is 0 Å². The standard InChI is InChI=1S/C17H14F2N4O/c1-10-14(9-21-23-10)17(24)22-16(11-4-6-20-7-5-11)13-8-12(18)2-3-15(13)19/h2-9,16H,1H3,(H,21,23)(H,22,24)/t16-/m1/s1. The van der Waals surface area contributed by atoms with Gasteiger partial charge in [-0.25, -0.2) is 8.78 Å². The molecule has 2 heterocycles. The molecular formula is C17H14F2N4O.